The fourth-order valence-corrected chi connectivity index (χ4v) is 2.76. The molecule has 1 aromatic rings. The van der Waals surface area contributed by atoms with Gasteiger partial charge in [-0.25, -0.2) is 0 Å². The molecule has 1 atom stereocenters. The van der Waals surface area contributed by atoms with Crippen molar-refractivity contribution in [1.82, 2.24) is 0 Å². The van der Waals surface area contributed by atoms with Gasteiger partial charge in [-0.1, -0.05) is 31.0 Å². The predicted molar refractivity (Wildman–Crippen MR) is 74.5 cm³/mol. The van der Waals surface area contributed by atoms with Gasteiger partial charge in [-0.2, -0.15) is 0 Å². The van der Waals surface area contributed by atoms with E-state index in [1.807, 2.05) is 0 Å². The molecule has 2 rings (SSSR count). The standard InChI is InChI=1S/C15H24N2/c1-3-13-7-9-17(11-13)15-5-4-12(2)10-14(15)6-8-16/h4-5,10,13H,3,6-9,11,16H2,1-2H3. The Morgan fingerprint density at radius 3 is 2.88 bits per heavy atom. The van der Waals surface area contributed by atoms with Gasteiger partial charge in [0.2, 0.25) is 0 Å². The molecule has 2 N–H and O–H groups in total. The van der Waals surface area contributed by atoms with Crippen molar-refractivity contribution < 1.29 is 0 Å². The lowest BCUT2D eigenvalue weighted by atomic mass is 10.0. The Hall–Kier alpha value is -1.02. The summed E-state index contributed by atoms with van der Waals surface area (Å²) in [5.41, 5.74) is 9.88. The number of anilines is 1. The molecule has 0 aromatic heterocycles. The third kappa shape index (κ3) is 2.81. The van der Waals surface area contributed by atoms with Gasteiger partial charge in [0.25, 0.3) is 0 Å². The van der Waals surface area contributed by atoms with E-state index in [0.29, 0.717) is 0 Å². The second kappa shape index (κ2) is 5.54. The summed E-state index contributed by atoms with van der Waals surface area (Å²) in [5, 5.41) is 0. The summed E-state index contributed by atoms with van der Waals surface area (Å²) in [6.45, 7) is 7.62. The van der Waals surface area contributed by atoms with Crippen molar-refractivity contribution in [2.75, 3.05) is 24.5 Å². The van der Waals surface area contributed by atoms with Crippen LogP contribution in [0.3, 0.4) is 0 Å². The van der Waals surface area contributed by atoms with Gasteiger partial charge in [0.1, 0.15) is 0 Å². The number of hydrogen-bond donors (Lipinski definition) is 1. The molecule has 2 nitrogen and oxygen atoms in total. The molecule has 0 spiro atoms. The van der Waals surface area contributed by atoms with Crippen molar-refractivity contribution in [3.63, 3.8) is 0 Å². The minimum Gasteiger partial charge on any atom is -0.371 e. The predicted octanol–water partition coefficient (Wildman–Crippen LogP) is 2.73. The van der Waals surface area contributed by atoms with Gasteiger partial charge in [0.15, 0.2) is 0 Å². The maximum absolute atomic E-state index is 5.71. The van der Waals surface area contributed by atoms with Crippen LogP contribution in [0.1, 0.15) is 30.9 Å². The van der Waals surface area contributed by atoms with Crippen molar-refractivity contribution in [3.05, 3.63) is 29.3 Å². The maximum Gasteiger partial charge on any atom is 0.0399 e. The van der Waals surface area contributed by atoms with Gasteiger partial charge >= 0.3 is 0 Å². The molecule has 0 saturated carbocycles. The van der Waals surface area contributed by atoms with E-state index in [1.54, 1.807) is 0 Å². The minimum absolute atomic E-state index is 0.738. The SMILES string of the molecule is CCC1CCN(c2ccc(C)cc2CCN)C1. The van der Waals surface area contributed by atoms with Crippen LogP contribution in [0, 0.1) is 12.8 Å². The first-order valence-electron chi connectivity index (χ1n) is 6.79. The van der Waals surface area contributed by atoms with Crippen LogP contribution in [0.15, 0.2) is 18.2 Å². The normalized spacial score (nSPS) is 19.9. The van der Waals surface area contributed by atoms with Crippen LogP contribution in [-0.2, 0) is 6.42 Å². The van der Waals surface area contributed by atoms with Crippen LogP contribution in [0.5, 0.6) is 0 Å². The van der Waals surface area contributed by atoms with Crippen LogP contribution in [0.2, 0.25) is 0 Å². The molecule has 1 fully saturated rings. The summed E-state index contributed by atoms with van der Waals surface area (Å²) in [4.78, 5) is 2.54. The molecule has 0 amide bonds. The van der Waals surface area contributed by atoms with Gasteiger partial charge in [-0.05, 0) is 43.9 Å². The second-order valence-electron chi connectivity index (χ2n) is 5.18. The summed E-state index contributed by atoms with van der Waals surface area (Å²) < 4.78 is 0. The molecule has 1 aliphatic rings. The van der Waals surface area contributed by atoms with E-state index in [1.165, 1.54) is 42.7 Å². The number of hydrogen-bond acceptors (Lipinski definition) is 2. The molecule has 94 valence electrons. The highest BCUT2D eigenvalue weighted by Crippen LogP contribution is 2.29. The molecule has 17 heavy (non-hydrogen) atoms. The fourth-order valence-electron chi connectivity index (χ4n) is 2.76. The van der Waals surface area contributed by atoms with Gasteiger partial charge in [-0.15, -0.1) is 0 Å². The third-order valence-electron chi connectivity index (χ3n) is 3.85. The fraction of sp³-hybridized carbons (Fsp3) is 0.600. The van der Waals surface area contributed by atoms with E-state index in [2.05, 4.69) is 36.9 Å². The van der Waals surface area contributed by atoms with Crippen LogP contribution in [0.25, 0.3) is 0 Å². The number of benzene rings is 1. The van der Waals surface area contributed by atoms with E-state index >= 15 is 0 Å². The van der Waals surface area contributed by atoms with Crippen molar-refractivity contribution in [2.24, 2.45) is 11.7 Å². The Morgan fingerprint density at radius 2 is 2.24 bits per heavy atom. The summed E-state index contributed by atoms with van der Waals surface area (Å²) in [6, 6.07) is 6.79. The number of nitrogens with two attached hydrogens (primary N) is 1. The largest absolute Gasteiger partial charge is 0.371 e. The third-order valence-corrected chi connectivity index (χ3v) is 3.85. The maximum atomic E-state index is 5.71. The molecule has 1 aliphatic heterocycles. The molecule has 2 heteroatoms. The monoisotopic (exact) mass is 232 g/mol. The Labute approximate surface area is 105 Å². The minimum atomic E-state index is 0.738. The topological polar surface area (TPSA) is 29.3 Å². The molecule has 1 saturated heterocycles. The summed E-state index contributed by atoms with van der Waals surface area (Å²) in [7, 11) is 0. The molecule has 0 radical (unpaired) electrons. The van der Waals surface area contributed by atoms with Crippen molar-refractivity contribution in [3.8, 4) is 0 Å². The first-order valence-corrected chi connectivity index (χ1v) is 6.79. The Morgan fingerprint density at radius 1 is 1.41 bits per heavy atom. The van der Waals surface area contributed by atoms with Crippen LogP contribution in [0.4, 0.5) is 5.69 Å². The lowest BCUT2D eigenvalue weighted by Crippen LogP contribution is -2.21. The van der Waals surface area contributed by atoms with Crippen molar-refractivity contribution >= 4 is 5.69 Å². The smallest absolute Gasteiger partial charge is 0.0399 e. The quantitative estimate of drug-likeness (QED) is 0.865. The Bertz CT molecular complexity index is 373. The highest BCUT2D eigenvalue weighted by molar-refractivity contribution is 5.56. The van der Waals surface area contributed by atoms with Gasteiger partial charge in [0, 0.05) is 18.8 Å². The molecular formula is C15H24N2. The highest BCUT2D eigenvalue weighted by Gasteiger charge is 2.22. The first-order chi connectivity index (χ1) is 8.24. The number of nitrogens with zero attached hydrogens (tertiary/aromatic N) is 1. The first kappa shape index (κ1) is 12.4. The Kier molecular flexibility index (Phi) is 4.06. The zero-order chi connectivity index (χ0) is 12.3. The van der Waals surface area contributed by atoms with Gasteiger partial charge in [0.05, 0.1) is 0 Å². The van der Waals surface area contributed by atoms with Crippen molar-refractivity contribution in [2.45, 2.75) is 33.1 Å². The molecular weight excluding hydrogens is 208 g/mol. The summed E-state index contributed by atoms with van der Waals surface area (Å²) in [6.07, 6.45) is 3.63. The lowest BCUT2D eigenvalue weighted by molar-refractivity contribution is 0.569. The van der Waals surface area contributed by atoms with Gasteiger partial charge in [-0.3, -0.25) is 0 Å². The molecule has 0 aliphatic carbocycles. The average Bonchev–Trinajstić information content (AvgIpc) is 2.78. The molecule has 0 bridgehead atoms. The van der Waals surface area contributed by atoms with Crippen molar-refractivity contribution in [1.29, 1.82) is 0 Å². The number of aryl methyl sites for hydroxylation is 1. The van der Waals surface area contributed by atoms with E-state index in [-0.39, 0.29) is 0 Å². The lowest BCUT2D eigenvalue weighted by Gasteiger charge is -2.22. The zero-order valence-corrected chi connectivity index (χ0v) is 11.1. The summed E-state index contributed by atoms with van der Waals surface area (Å²) in [5.74, 6) is 0.877. The molecule has 1 unspecified atom stereocenters. The van der Waals surface area contributed by atoms with E-state index in [9.17, 15) is 0 Å². The Balaban J connectivity index is 2.19. The summed E-state index contributed by atoms with van der Waals surface area (Å²) >= 11 is 0. The van der Waals surface area contributed by atoms with Gasteiger partial charge < -0.3 is 10.6 Å². The van der Waals surface area contributed by atoms with E-state index in [4.69, 9.17) is 5.73 Å². The van der Waals surface area contributed by atoms with E-state index in [0.717, 1.165) is 18.9 Å². The zero-order valence-electron chi connectivity index (χ0n) is 11.1. The molecule has 1 aromatic carbocycles. The van der Waals surface area contributed by atoms with Crippen LogP contribution >= 0.6 is 0 Å². The highest BCUT2D eigenvalue weighted by atomic mass is 15.2. The van der Waals surface area contributed by atoms with Crippen LogP contribution in [-0.4, -0.2) is 19.6 Å². The molecule has 1 heterocycles. The number of rotatable bonds is 4. The average molecular weight is 232 g/mol. The van der Waals surface area contributed by atoms with Crippen LogP contribution < -0.4 is 10.6 Å². The second-order valence-corrected chi connectivity index (χ2v) is 5.18. The van der Waals surface area contributed by atoms with E-state index < -0.39 is 0 Å².